The lowest BCUT2D eigenvalue weighted by Gasteiger charge is -2.27. The fourth-order valence-corrected chi connectivity index (χ4v) is 3.46. The minimum Gasteiger partial charge on any atom is -0.396 e. The van der Waals surface area contributed by atoms with Crippen LogP contribution in [0.3, 0.4) is 0 Å². The van der Waals surface area contributed by atoms with Crippen LogP contribution in [0.4, 0.5) is 9.52 Å². The van der Waals surface area contributed by atoms with Gasteiger partial charge in [0.1, 0.15) is 11.6 Å². The molecule has 1 N–H and O–H groups in total. The smallest absolute Gasteiger partial charge is 0.205 e. The molecule has 4 nitrogen and oxygen atoms in total. The molecular weight excluding hydrogens is 337 g/mol. The van der Waals surface area contributed by atoms with Crippen LogP contribution in [0, 0.1) is 5.82 Å². The summed E-state index contributed by atoms with van der Waals surface area (Å²) in [5.74, 6) is 0.405. The Labute approximate surface area is 143 Å². The maximum Gasteiger partial charge on any atom is 0.205 e. The minimum atomic E-state index is -0.287. The number of nitrogens with zero attached hydrogens (tertiary/aromatic N) is 3. The highest BCUT2D eigenvalue weighted by molar-refractivity contribution is 7.09. The van der Waals surface area contributed by atoms with Gasteiger partial charge in [-0.15, -0.1) is 0 Å². The van der Waals surface area contributed by atoms with Gasteiger partial charge in [-0.25, -0.2) is 9.37 Å². The first-order valence-electron chi connectivity index (χ1n) is 7.48. The lowest BCUT2D eigenvalue weighted by Crippen LogP contribution is -2.30. The maximum absolute atomic E-state index is 13.8. The van der Waals surface area contributed by atoms with Crippen LogP contribution in [-0.4, -0.2) is 34.2 Å². The normalized spacial score (nSPS) is 15.1. The van der Waals surface area contributed by atoms with Crippen LogP contribution in [0.1, 0.15) is 24.2 Å². The molecule has 2 aromatic rings. The molecule has 23 heavy (non-hydrogen) atoms. The summed E-state index contributed by atoms with van der Waals surface area (Å²) < 4.78 is 18.1. The summed E-state index contributed by atoms with van der Waals surface area (Å²) in [6.07, 6.45) is 4.15. The average molecular weight is 354 g/mol. The average Bonchev–Trinajstić information content (AvgIpc) is 3.00. The summed E-state index contributed by atoms with van der Waals surface area (Å²) in [5.41, 5.74) is 1.81. The van der Waals surface area contributed by atoms with Gasteiger partial charge in [-0.2, -0.15) is 4.37 Å². The minimum absolute atomic E-state index is 0.0652. The van der Waals surface area contributed by atoms with Gasteiger partial charge in [0.2, 0.25) is 5.13 Å². The fraction of sp³-hybridized carbons (Fsp3) is 0.375. The van der Waals surface area contributed by atoms with Crippen LogP contribution in [0.25, 0.3) is 6.08 Å². The van der Waals surface area contributed by atoms with Gasteiger partial charge in [-0.3, -0.25) is 0 Å². The first kappa shape index (κ1) is 16.4. The Kier molecular flexibility index (Phi) is 5.25. The molecule has 1 aliphatic heterocycles. The Morgan fingerprint density at radius 2 is 2.13 bits per heavy atom. The van der Waals surface area contributed by atoms with Gasteiger partial charge < -0.3 is 10.0 Å². The molecule has 1 aromatic carbocycles. The third-order valence-corrected chi connectivity index (χ3v) is 4.84. The number of aliphatic hydroxyl groups is 1. The quantitative estimate of drug-likeness (QED) is 0.913. The molecule has 1 saturated heterocycles. The van der Waals surface area contributed by atoms with E-state index in [1.165, 1.54) is 23.2 Å². The van der Waals surface area contributed by atoms with E-state index in [0.29, 0.717) is 22.8 Å². The van der Waals surface area contributed by atoms with Gasteiger partial charge in [-0.05, 0) is 25.0 Å². The van der Waals surface area contributed by atoms with Crippen molar-refractivity contribution in [2.45, 2.75) is 19.3 Å². The van der Waals surface area contributed by atoms with E-state index in [4.69, 9.17) is 16.7 Å². The molecule has 0 radical (unpaired) electrons. The molecule has 1 aliphatic rings. The predicted molar refractivity (Wildman–Crippen MR) is 91.5 cm³/mol. The number of hydrogen-bond acceptors (Lipinski definition) is 5. The van der Waals surface area contributed by atoms with E-state index in [9.17, 15) is 4.39 Å². The second kappa shape index (κ2) is 7.38. The number of aromatic nitrogens is 2. The van der Waals surface area contributed by atoms with Crippen molar-refractivity contribution in [3.63, 3.8) is 0 Å². The molecule has 0 amide bonds. The molecule has 0 unspecified atom stereocenters. The molecule has 1 aromatic heterocycles. The Balaban J connectivity index is 1.64. The Hall–Kier alpha value is -1.50. The van der Waals surface area contributed by atoms with Gasteiger partial charge >= 0.3 is 0 Å². The number of piperidine rings is 1. The van der Waals surface area contributed by atoms with E-state index in [1.54, 1.807) is 12.1 Å². The summed E-state index contributed by atoms with van der Waals surface area (Å²) in [4.78, 5) is 6.62. The number of benzene rings is 1. The molecular formula is C16H17ClFN3OS. The SMILES string of the molecule is OCCc1nsc(N2CCC(=Cc3ccc(Cl)cc3F)CC2)n1. The largest absolute Gasteiger partial charge is 0.396 e. The summed E-state index contributed by atoms with van der Waals surface area (Å²) in [6.45, 7) is 1.75. The monoisotopic (exact) mass is 353 g/mol. The van der Waals surface area contributed by atoms with Crippen LogP contribution in [-0.2, 0) is 6.42 Å². The van der Waals surface area contributed by atoms with Gasteiger partial charge in [0.05, 0.1) is 6.61 Å². The number of hydrogen-bond donors (Lipinski definition) is 1. The van der Waals surface area contributed by atoms with Crippen molar-refractivity contribution in [2.75, 3.05) is 24.6 Å². The molecule has 0 aliphatic carbocycles. The third kappa shape index (κ3) is 4.07. The molecule has 0 spiro atoms. The standard InChI is InChI=1S/C16H17ClFN3OS/c17-13-2-1-12(14(18)10-13)9-11-3-6-21(7-4-11)16-19-15(5-8-22)20-23-16/h1-2,9-10,22H,3-8H2. The van der Waals surface area contributed by atoms with E-state index in [2.05, 4.69) is 14.3 Å². The summed E-state index contributed by atoms with van der Waals surface area (Å²) >= 11 is 7.14. The van der Waals surface area contributed by atoms with Crippen molar-refractivity contribution in [1.82, 2.24) is 9.36 Å². The number of anilines is 1. The Bertz CT molecular complexity index is 709. The fourth-order valence-electron chi connectivity index (χ4n) is 2.54. The first-order valence-corrected chi connectivity index (χ1v) is 8.64. The van der Waals surface area contributed by atoms with Crippen molar-refractivity contribution in [2.24, 2.45) is 0 Å². The van der Waals surface area contributed by atoms with Crippen LogP contribution in [0.15, 0.2) is 23.8 Å². The van der Waals surface area contributed by atoms with E-state index in [-0.39, 0.29) is 12.4 Å². The molecule has 1 fully saturated rings. The maximum atomic E-state index is 13.8. The number of rotatable bonds is 4. The molecule has 0 bridgehead atoms. The highest BCUT2D eigenvalue weighted by Gasteiger charge is 2.18. The van der Waals surface area contributed by atoms with Crippen LogP contribution >= 0.6 is 23.1 Å². The van der Waals surface area contributed by atoms with E-state index >= 15 is 0 Å². The molecule has 7 heteroatoms. The number of halogens is 2. The summed E-state index contributed by atoms with van der Waals surface area (Å²) in [7, 11) is 0. The van der Waals surface area contributed by atoms with E-state index < -0.39 is 0 Å². The van der Waals surface area contributed by atoms with Crippen molar-refractivity contribution < 1.29 is 9.50 Å². The molecule has 3 rings (SSSR count). The topological polar surface area (TPSA) is 49.3 Å². The Morgan fingerprint density at radius 1 is 1.35 bits per heavy atom. The number of aliphatic hydroxyl groups excluding tert-OH is 1. The second-order valence-corrected chi connectivity index (χ2v) is 6.59. The molecule has 122 valence electrons. The predicted octanol–water partition coefficient (Wildman–Crippen LogP) is 3.55. The van der Waals surface area contributed by atoms with Crippen LogP contribution in [0.5, 0.6) is 0 Å². The van der Waals surface area contributed by atoms with E-state index in [0.717, 1.165) is 31.1 Å². The zero-order chi connectivity index (χ0) is 16.2. The van der Waals surface area contributed by atoms with Crippen LogP contribution < -0.4 is 4.90 Å². The van der Waals surface area contributed by atoms with Crippen molar-refractivity contribution >= 4 is 34.3 Å². The second-order valence-electron chi connectivity index (χ2n) is 5.42. The lowest BCUT2D eigenvalue weighted by molar-refractivity contribution is 0.297. The third-order valence-electron chi connectivity index (χ3n) is 3.79. The highest BCUT2D eigenvalue weighted by atomic mass is 35.5. The lowest BCUT2D eigenvalue weighted by atomic mass is 10.0. The Morgan fingerprint density at radius 3 is 2.83 bits per heavy atom. The molecule has 0 atom stereocenters. The van der Waals surface area contributed by atoms with Crippen molar-refractivity contribution in [3.05, 3.63) is 46.0 Å². The van der Waals surface area contributed by atoms with E-state index in [1.807, 2.05) is 6.08 Å². The molecule has 0 saturated carbocycles. The van der Waals surface area contributed by atoms with Gasteiger partial charge in [0, 0.05) is 41.6 Å². The zero-order valence-corrected chi connectivity index (χ0v) is 14.1. The van der Waals surface area contributed by atoms with Crippen molar-refractivity contribution in [3.8, 4) is 0 Å². The first-order chi connectivity index (χ1) is 11.2. The molecule has 2 heterocycles. The van der Waals surface area contributed by atoms with Crippen LogP contribution in [0.2, 0.25) is 5.02 Å². The summed E-state index contributed by atoms with van der Waals surface area (Å²) in [5, 5.41) is 10.2. The summed E-state index contributed by atoms with van der Waals surface area (Å²) in [6, 6.07) is 4.76. The van der Waals surface area contributed by atoms with Gasteiger partial charge in [-0.1, -0.05) is 29.3 Å². The van der Waals surface area contributed by atoms with Gasteiger partial charge in [0.15, 0.2) is 0 Å². The zero-order valence-electron chi connectivity index (χ0n) is 12.5. The highest BCUT2D eigenvalue weighted by Crippen LogP contribution is 2.26. The van der Waals surface area contributed by atoms with Gasteiger partial charge in [0.25, 0.3) is 0 Å². The van der Waals surface area contributed by atoms with Crippen molar-refractivity contribution in [1.29, 1.82) is 0 Å².